The summed E-state index contributed by atoms with van der Waals surface area (Å²) >= 11 is 0. The number of amides is 1. The van der Waals surface area contributed by atoms with Crippen LogP contribution in [0.2, 0.25) is 0 Å². The van der Waals surface area contributed by atoms with E-state index in [2.05, 4.69) is 4.90 Å². The van der Waals surface area contributed by atoms with Crippen LogP contribution >= 0.6 is 0 Å². The van der Waals surface area contributed by atoms with E-state index < -0.39 is 6.10 Å². The Kier molecular flexibility index (Phi) is 5.24. The summed E-state index contributed by atoms with van der Waals surface area (Å²) in [5.41, 5.74) is 2.20. The zero-order valence-corrected chi connectivity index (χ0v) is 16.2. The van der Waals surface area contributed by atoms with Gasteiger partial charge in [-0.1, -0.05) is 36.4 Å². The zero-order valence-electron chi connectivity index (χ0n) is 16.2. The van der Waals surface area contributed by atoms with Crippen LogP contribution in [-0.4, -0.2) is 60.3 Å². The molecule has 2 aliphatic heterocycles. The summed E-state index contributed by atoms with van der Waals surface area (Å²) in [4.78, 5) is 16.7. The van der Waals surface area contributed by atoms with Gasteiger partial charge in [0.1, 0.15) is 6.10 Å². The lowest BCUT2D eigenvalue weighted by atomic mass is 10.0. The van der Waals surface area contributed by atoms with Crippen LogP contribution in [0.4, 0.5) is 0 Å². The summed E-state index contributed by atoms with van der Waals surface area (Å²) in [6.07, 6.45) is -0.913. The SMILES string of the molecule is COc1ccc(CN2C[C@@H]3[C@H](O)C(=O)N(Cc4ccccc4)[C@@H]3C2)cc1OC. The smallest absolute Gasteiger partial charge is 0.252 e. The number of carbonyl (C=O) groups is 1. The predicted molar refractivity (Wildman–Crippen MR) is 105 cm³/mol. The monoisotopic (exact) mass is 382 g/mol. The summed E-state index contributed by atoms with van der Waals surface area (Å²) in [5, 5.41) is 10.5. The first kappa shape index (κ1) is 18.8. The molecule has 4 rings (SSSR count). The second-order valence-electron chi connectivity index (χ2n) is 7.51. The minimum absolute atomic E-state index is 0.0443. The zero-order chi connectivity index (χ0) is 19.7. The Morgan fingerprint density at radius 1 is 0.964 bits per heavy atom. The van der Waals surface area contributed by atoms with Crippen LogP contribution < -0.4 is 9.47 Å². The lowest BCUT2D eigenvalue weighted by molar-refractivity contribution is -0.136. The Labute approximate surface area is 165 Å². The van der Waals surface area contributed by atoms with Crippen LogP contribution in [0.3, 0.4) is 0 Å². The number of rotatable bonds is 6. The van der Waals surface area contributed by atoms with E-state index in [1.54, 1.807) is 14.2 Å². The molecule has 1 amide bonds. The summed E-state index contributed by atoms with van der Waals surface area (Å²) < 4.78 is 10.7. The van der Waals surface area contributed by atoms with Gasteiger partial charge >= 0.3 is 0 Å². The van der Waals surface area contributed by atoms with Crippen molar-refractivity contribution >= 4 is 5.91 Å². The van der Waals surface area contributed by atoms with E-state index in [-0.39, 0.29) is 17.9 Å². The Morgan fingerprint density at radius 2 is 1.71 bits per heavy atom. The first-order valence-corrected chi connectivity index (χ1v) is 9.56. The third-order valence-corrected chi connectivity index (χ3v) is 5.80. The van der Waals surface area contributed by atoms with Crippen LogP contribution in [0.15, 0.2) is 48.5 Å². The maximum Gasteiger partial charge on any atom is 0.252 e. The van der Waals surface area contributed by atoms with Crippen molar-refractivity contribution in [3.05, 3.63) is 59.7 Å². The van der Waals surface area contributed by atoms with Crippen LogP contribution in [0, 0.1) is 5.92 Å². The molecule has 0 aromatic heterocycles. The third kappa shape index (κ3) is 3.45. The van der Waals surface area contributed by atoms with Crippen molar-refractivity contribution in [2.24, 2.45) is 5.92 Å². The fourth-order valence-electron chi connectivity index (χ4n) is 4.39. The molecule has 6 heteroatoms. The summed E-state index contributed by atoms with van der Waals surface area (Å²) in [5.74, 6) is 1.22. The molecule has 0 spiro atoms. The molecule has 0 aliphatic carbocycles. The molecule has 6 nitrogen and oxygen atoms in total. The van der Waals surface area contributed by atoms with Gasteiger partial charge < -0.3 is 19.5 Å². The maximum atomic E-state index is 12.6. The molecule has 2 heterocycles. The normalized spacial score (nSPS) is 24.5. The van der Waals surface area contributed by atoms with Crippen molar-refractivity contribution in [1.29, 1.82) is 0 Å². The number of hydrogen-bond acceptors (Lipinski definition) is 5. The van der Waals surface area contributed by atoms with Gasteiger partial charge in [-0.05, 0) is 23.3 Å². The van der Waals surface area contributed by atoms with Gasteiger partial charge in [0, 0.05) is 32.1 Å². The maximum absolute atomic E-state index is 12.6. The van der Waals surface area contributed by atoms with E-state index in [0.29, 0.717) is 24.6 Å². The molecule has 0 bridgehead atoms. The number of nitrogens with zero attached hydrogens (tertiary/aromatic N) is 2. The molecule has 1 N–H and O–H groups in total. The lowest BCUT2D eigenvalue weighted by Gasteiger charge is -2.25. The van der Waals surface area contributed by atoms with Gasteiger partial charge in [-0.15, -0.1) is 0 Å². The number of carbonyl (C=O) groups excluding carboxylic acids is 1. The van der Waals surface area contributed by atoms with Crippen molar-refractivity contribution in [1.82, 2.24) is 9.80 Å². The molecule has 0 saturated carbocycles. The van der Waals surface area contributed by atoms with E-state index >= 15 is 0 Å². The van der Waals surface area contributed by atoms with Gasteiger partial charge in [0.05, 0.1) is 20.3 Å². The minimum atomic E-state index is -0.913. The third-order valence-electron chi connectivity index (χ3n) is 5.80. The number of aliphatic hydroxyl groups excluding tert-OH is 1. The Bertz CT molecular complexity index is 842. The molecule has 2 fully saturated rings. The second-order valence-corrected chi connectivity index (χ2v) is 7.51. The molecule has 148 valence electrons. The quantitative estimate of drug-likeness (QED) is 0.827. The van der Waals surface area contributed by atoms with E-state index in [1.807, 2.05) is 53.4 Å². The van der Waals surface area contributed by atoms with E-state index in [4.69, 9.17) is 9.47 Å². The summed E-state index contributed by atoms with van der Waals surface area (Å²) in [6, 6.07) is 15.9. The van der Waals surface area contributed by atoms with E-state index in [9.17, 15) is 9.90 Å². The highest BCUT2D eigenvalue weighted by atomic mass is 16.5. The number of fused-ring (bicyclic) bond motifs is 1. The van der Waals surface area contributed by atoms with E-state index in [0.717, 1.165) is 24.2 Å². The fourth-order valence-corrected chi connectivity index (χ4v) is 4.39. The Hall–Kier alpha value is -2.57. The van der Waals surface area contributed by atoms with Crippen molar-refractivity contribution in [3.63, 3.8) is 0 Å². The Morgan fingerprint density at radius 3 is 2.43 bits per heavy atom. The Balaban J connectivity index is 1.47. The van der Waals surface area contributed by atoms with Crippen LogP contribution in [0.1, 0.15) is 11.1 Å². The molecule has 0 radical (unpaired) electrons. The molecular formula is C22H26N2O4. The summed E-state index contributed by atoms with van der Waals surface area (Å²) in [6.45, 7) is 2.75. The number of benzene rings is 2. The average Bonchev–Trinajstić information content (AvgIpc) is 3.22. The first-order chi connectivity index (χ1) is 13.6. The van der Waals surface area contributed by atoms with Crippen molar-refractivity contribution < 1.29 is 19.4 Å². The van der Waals surface area contributed by atoms with Crippen molar-refractivity contribution in [3.8, 4) is 11.5 Å². The van der Waals surface area contributed by atoms with Crippen molar-refractivity contribution in [2.45, 2.75) is 25.2 Å². The first-order valence-electron chi connectivity index (χ1n) is 9.56. The topological polar surface area (TPSA) is 62.2 Å². The second kappa shape index (κ2) is 7.81. The van der Waals surface area contributed by atoms with Crippen LogP contribution in [-0.2, 0) is 17.9 Å². The highest BCUT2D eigenvalue weighted by Crippen LogP contribution is 2.35. The van der Waals surface area contributed by atoms with Gasteiger partial charge in [0.15, 0.2) is 11.5 Å². The largest absolute Gasteiger partial charge is 0.493 e. The highest BCUT2D eigenvalue weighted by Gasteiger charge is 2.51. The van der Waals surface area contributed by atoms with Crippen LogP contribution in [0.25, 0.3) is 0 Å². The molecule has 28 heavy (non-hydrogen) atoms. The predicted octanol–water partition coefficient (Wildman–Crippen LogP) is 1.91. The highest BCUT2D eigenvalue weighted by molar-refractivity contribution is 5.84. The van der Waals surface area contributed by atoms with Gasteiger partial charge in [0.25, 0.3) is 5.91 Å². The van der Waals surface area contributed by atoms with Gasteiger partial charge in [-0.2, -0.15) is 0 Å². The summed E-state index contributed by atoms with van der Waals surface area (Å²) in [7, 11) is 3.25. The number of ether oxygens (including phenoxy) is 2. The minimum Gasteiger partial charge on any atom is -0.493 e. The number of likely N-dealkylation sites (tertiary alicyclic amines) is 2. The van der Waals surface area contributed by atoms with Gasteiger partial charge in [-0.25, -0.2) is 0 Å². The fraction of sp³-hybridized carbons (Fsp3) is 0.409. The van der Waals surface area contributed by atoms with E-state index in [1.165, 1.54) is 0 Å². The van der Waals surface area contributed by atoms with Crippen molar-refractivity contribution in [2.75, 3.05) is 27.3 Å². The molecule has 0 unspecified atom stereocenters. The van der Waals surface area contributed by atoms with Gasteiger partial charge in [0.2, 0.25) is 0 Å². The molecule has 2 aromatic rings. The number of hydrogen-bond donors (Lipinski definition) is 1. The average molecular weight is 382 g/mol. The van der Waals surface area contributed by atoms with Crippen LogP contribution in [0.5, 0.6) is 11.5 Å². The molecule has 3 atom stereocenters. The lowest BCUT2D eigenvalue weighted by Crippen LogP contribution is -2.38. The molecule has 2 aromatic carbocycles. The molecular weight excluding hydrogens is 356 g/mol. The number of aliphatic hydroxyl groups is 1. The van der Waals surface area contributed by atoms with Gasteiger partial charge in [-0.3, -0.25) is 9.69 Å². The molecule has 2 saturated heterocycles. The standard InChI is InChI=1S/C22H26N2O4/c1-27-19-9-8-16(10-20(19)28-2)11-23-13-17-18(14-23)24(22(26)21(17)25)12-15-6-4-3-5-7-15/h3-10,17-18,21,25H,11-14H2,1-2H3/t17-,18+,21-/m0/s1. The molecule has 2 aliphatic rings. The number of methoxy groups -OCH3 is 2.